The van der Waals surface area contributed by atoms with E-state index in [-0.39, 0.29) is 6.04 Å². The molecule has 1 aliphatic heterocycles. The molecule has 0 aromatic carbocycles. The number of piperidine rings is 1. The Morgan fingerprint density at radius 3 is 2.72 bits per heavy atom. The molecule has 104 valence electrons. The summed E-state index contributed by atoms with van der Waals surface area (Å²) in [4.78, 5) is 14.4. The van der Waals surface area contributed by atoms with E-state index in [1.54, 1.807) is 0 Å². The Hall–Kier alpha value is -0.570. The van der Waals surface area contributed by atoms with Crippen LogP contribution in [0.2, 0.25) is 0 Å². The highest BCUT2D eigenvalue weighted by molar-refractivity contribution is 5.76. The Balaban J connectivity index is 1.83. The predicted molar refractivity (Wildman–Crippen MR) is 74.1 cm³/mol. The minimum atomic E-state index is 0.259. The lowest BCUT2D eigenvalue weighted by Gasteiger charge is -2.35. The number of amides is 1. The summed E-state index contributed by atoms with van der Waals surface area (Å²) in [5, 5.41) is 0. The van der Waals surface area contributed by atoms with Crippen LogP contribution in [0.1, 0.15) is 58.3 Å². The van der Waals surface area contributed by atoms with Crippen molar-refractivity contribution >= 4 is 5.91 Å². The lowest BCUT2D eigenvalue weighted by atomic mass is 9.82. The Morgan fingerprint density at radius 1 is 1.22 bits per heavy atom. The maximum absolute atomic E-state index is 12.3. The molecule has 0 radical (unpaired) electrons. The summed E-state index contributed by atoms with van der Waals surface area (Å²) in [5.41, 5.74) is 6.14. The molecule has 2 fully saturated rings. The molecule has 3 nitrogen and oxygen atoms in total. The number of nitrogens with two attached hydrogens (primary N) is 1. The van der Waals surface area contributed by atoms with Crippen LogP contribution in [0.5, 0.6) is 0 Å². The number of rotatable bonds is 3. The van der Waals surface area contributed by atoms with Crippen LogP contribution in [0.4, 0.5) is 0 Å². The molecule has 2 N–H and O–H groups in total. The van der Waals surface area contributed by atoms with Gasteiger partial charge in [0.2, 0.25) is 5.91 Å². The normalized spacial score (nSPS) is 33.4. The molecule has 3 heteroatoms. The first-order valence-corrected chi connectivity index (χ1v) is 7.74. The van der Waals surface area contributed by atoms with Crippen LogP contribution >= 0.6 is 0 Å². The largest absolute Gasteiger partial charge is 0.342 e. The maximum atomic E-state index is 12.3. The van der Waals surface area contributed by atoms with Crippen molar-refractivity contribution in [2.24, 2.45) is 17.6 Å². The molecule has 2 aliphatic rings. The van der Waals surface area contributed by atoms with E-state index < -0.39 is 0 Å². The van der Waals surface area contributed by atoms with E-state index in [4.69, 9.17) is 5.73 Å². The van der Waals surface area contributed by atoms with Gasteiger partial charge in [-0.3, -0.25) is 4.79 Å². The van der Waals surface area contributed by atoms with Crippen molar-refractivity contribution in [2.45, 2.75) is 64.3 Å². The van der Waals surface area contributed by atoms with Gasteiger partial charge in [0.15, 0.2) is 0 Å². The molecule has 3 atom stereocenters. The Morgan fingerprint density at radius 2 is 2.00 bits per heavy atom. The SMILES string of the molecule is CCC1CCCN(C(=O)CC2CCCCC2N)C1. The summed E-state index contributed by atoms with van der Waals surface area (Å²) in [7, 11) is 0. The minimum Gasteiger partial charge on any atom is -0.342 e. The van der Waals surface area contributed by atoms with Gasteiger partial charge >= 0.3 is 0 Å². The Labute approximate surface area is 111 Å². The van der Waals surface area contributed by atoms with E-state index in [1.807, 2.05) is 0 Å². The maximum Gasteiger partial charge on any atom is 0.222 e. The number of hydrogen-bond acceptors (Lipinski definition) is 2. The second-order valence-corrected chi connectivity index (χ2v) is 6.17. The zero-order valence-corrected chi connectivity index (χ0v) is 11.7. The van der Waals surface area contributed by atoms with Crippen LogP contribution < -0.4 is 5.73 Å². The van der Waals surface area contributed by atoms with E-state index in [9.17, 15) is 4.79 Å². The Kier molecular flexibility index (Phi) is 5.04. The van der Waals surface area contributed by atoms with Gasteiger partial charge in [0, 0.05) is 25.6 Å². The van der Waals surface area contributed by atoms with Gasteiger partial charge in [0.1, 0.15) is 0 Å². The van der Waals surface area contributed by atoms with E-state index >= 15 is 0 Å². The number of carbonyl (C=O) groups is 1. The van der Waals surface area contributed by atoms with Crippen LogP contribution in [0.15, 0.2) is 0 Å². The van der Waals surface area contributed by atoms with E-state index in [0.29, 0.717) is 18.2 Å². The van der Waals surface area contributed by atoms with Crippen LogP contribution in [0.3, 0.4) is 0 Å². The minimum absolute atomic E-state index is 0.259. The zero-order valence-electron chi connectivity index (χ0n) is 11.7. The second-order valence-electron chi connectivity index (χ2n) is 6.17. The van der Waals surface area contributed by atoms with Gasteiger partial charge in [-0.05, 0) is 37.5 Å². The van der Waals surface area contributed by atoms with Crippen molar-refractivity contribution in [1.29, 1.82) is 0 Å². The average molecular weight is 252 g/mol. The summed E-state index contributed by atoms with van der Waals surface area (Å²) in [6.07, 6.45) is 9.12. The first kappa shape index (κ1) is 13.9. The van der Waals surface area contributed by atoms with Crippen LogP contribution in [0.25, 0.3) is 0 Å². The van der Waals surface area contributed by atoms with Crippen LogP contribution in [0, 0.1) is 11.8 Å². The molecular formula is C15H28N2O. The first-order valence-electron chi connectivity index (χ1n) is 7.74. The summed E-state index contributed by atoms with van der Waals surface area (Å²) in [5.74, 6) is 1.52. The molecule has 1 saturated heterocycles. The van der Waals surface area contributed by atoms with Crippen molar-refractivity contribution in [2.75, 3.05) is 13.1 Å². The van der Waals surface area contributed by atoms with Gasteiger partial charge < -0.3 is 10.6 Å². The smallest absolute Gasteiger partial charge is 0.222 e. The molecule has 0 aromatic rings. The van der Waals surface area contributed by atoms with E-state index in [1.165, 1.54) is 32.1 Å². The van der Waals surface area contributed by atoms with Gasteiger partial charge in [0.05, 0.1) is 0 Å². The fraction of sp³-hybridized carbons (Fsp3) is 0.933. The van der Waals surface area contributed by atoms with Crippen LogP contribution in [-0.2, 0) is 4.79 Å². The molecule has 1 aliphatic carbocycles. The highest BCUT2D eigenvalue weighted by Crippen LogP contribution is 2.27. The third-order valence-electron chi connectivity index (χ3n) is 4.85. The molecule has 1 amide bonds. The summed E-state index contributed by atoms with van der Waals surface area (Å²) < 4.78 is 0. The van der Waals surface area contributed by atoms with Gasteiger partial charge in [-0.1, -0.05) is 26.2 Å². The zero-order chi connectivity index (χ0) is 13.0. The molecule has 1 saturated carbocycles. The van der Waals surface area contributed by atoms with Gasteiger partial charge in [-0.15, -0.1) is 0 Å². The standard InChI is InChI=1S/C15H28N2O/c1-2-12-6-5-9-17(11-12)15(18)10-13-7-3-4-8-14(13)16/h12-14H,2-11,16H2,1H3. The molecule has 3 unspecified atom stereocenters. The van der Waals surface area contributed by atoms with Gasteiger partial charge in [-0.2, -0.15) is 0 Å². The number of hydrogen-bond donors (Lipinski definition) is 1. The number of carbonyl (C=O) groups excluding carboxylic acids is 1. The number of likely N-dealkylation sites (tertiary alicyclic amines) is 1. The fourth-order valence-corrected chi connectivity index (χ4v) is 3.47. The average Bonchev–Trinajstić information content (AvgIpc) is 2.41. The predicted octanol–water partition coefficient (Wildman–Crippen LogP) is 2.54. The van der Waals surface area contributed by atoms with Gasteiger partial charge in [-0.25, -0.2) is 0 Å². The highest BCUT2D eigenvalue weighted by atomic mass is 16.2. The lowest BCUT2D eigenvalue weighted by molar-refractivity contribution is -0.134. The molecule has 0 aromatic heterocycles. The second kappa shape index (κ2) is 6.55. The summed E-state index contributed by atoms with van der Waals surface area (Å²) in [6.45, 7) is 4.18. The quantitative estimate of drug-likeness (QED) is 0.839. The highest BCUT2D eigenvalue weighted by Gasteiger charge is 2.28. The molecule has 18 heavy (non-hydrogen) atoms. The van der Waals surface area contributed by atoms with Crippen LogP contribution in [-0.4, -0.2) is 29.9 Å². The van der Waals surface area contributed by atoms with Crippen molar-refractivity contribution in [3.63, 3.8) is 0 Å². The summed E-state index contributed by atoms with van der Waals surface area (Å²) >= 11 is 0. The first-order chi connectivity index (χ1) is 8.70. The van der Waals surface area contributed by atoms with E-state index in [2.05, 4.69) is 11.8 Å². The fourth-order valence-electron chi connectivity index (χ4n) is 3.47. The third kappa shape index (κ3) is 3.47. The lowest BCUT2D eigenvalue weighted by Crippen LogP contribution is -2.43. The van der Waals surface area contributed by atoms with Crippen molar-refractivity contribution < 1.29 is 4.79 Å². The van der Waals surface area contributed by atoms with Crippen molar-refractivity contribution in [3.8, 4) is 0 Å². The monoisotopic (exact) mass is 252 g/mol. The van der Waals surface area contributed by atoms with Crippen molar-refractivity contribution in [1.82, 2.24) is 4.90 Å². The van der Waals surface area contributed by atoms with Crippen molar-refractivity contribution in [3.05, 3.63) is 0 Å². The molecule has 2 rings (SSSR count). The molecule has 0 bridgehead atoms. The summed E-state index contributed by atoms with van der Waals surface area (Å²) in [6, 6.07) is 0.259. The number of nitrogens with zero attached hydrogens (tertiary/aromatic N) is 1. The van der Waals surface area contributed by atoms with Gasteiger partial charge in [0.25, 0.3) is 0 Å². The topological polar surface area (TPSA) is 46.3 Å². The molecule has 1 heterocycles. The third-order valence-corrected chi connectivity index (χ3v) is 4.85. The molecule has 0 spiro atoms. The van der Waals surface area contributed by atoms with E-state index in [0.717, 1.165) is 31.8 Å². The Bertz CT molecular complexity index is 280. The molecular weight excluding hydrogens is 224 g/mol.